The van der Waals surface area contributed by atoms with Crippen LogP contribution < -0.4 is 10.6 Å². The molecule has 0 saturated heterocycles. The maximum absolute atomic E-state index is 12.1. The lowest BCUT2D eigenvalue weighted by Crippen LogP contribution is -2.51. The largest absolute Gasteiger partial charge is 0.481 e. The fraction of sp³-hybridized carbons (Fsp3) is 0.867. The number of aliphatic carboxylic acids is 1. The van der Waals surface area contributed by atoms with Gasteiger partial charge < -0.3 is 15.7 Å². The Labute approximate surface area is 120 Å². The van der Waals surface area contributed by atoms with Crippen LogP contribution in [-0.2, 0) is 4.79 Å². The SMILES string of the molecule is CC1(C)CCCCC1NC(=O)NC1CCC(C(=O)O)C1. The second-order valence-corrected chi connectivity index (χ2v) is 6.95. The smallest absolute Gasteiger partial charge is 0.315 e. The summed E-state index contributed by atoms with van der Waals surface area (Å²) in [6.07, 6.45) is 6.55. The molecule has 20 heavy (non-hydrogen) atoms. The van der Waals surface area contributed by atoms with Crippen LogP contribution in [0, 0.1) is 11.3 Å². The lowest BCUT2D eigenvalue weighted by Gasteiger charge is -2.39. The summed E-state index contributed by atoms with van der Waals surface area (Å²) < 4.78 is 0. The number of urea groups is 1. The Morgan fingerprint density at radius 1 is 1.10 bits per heavy atom. The van der Waals surface area contributed by atoms with Crippen LogP contribution in [0.1, 0.15) is 58.8 Å². The molecule has 0 bridgehead atoms. The molecule has 2 saturated carbocycles. The molecule has 0 aromatic heterocycles. The number of carboxylic acids is 1. The molecule has 2 amide bonds. The molecule has 5 nitrogen and oxygen atoms in total. The zero-order valence-electron chi connectivity index (χ0n) is 12.4. The summed E-state index contributed by atoms with van der Waals surface area (Å²) in [5, 5.41) is 15.0. The van der Waals surface area contributed by atoms with Crippen molar-refractivity contribution < 1.29 is 14.7 Å². The van der Waals surface area contributed by atoms with Crippen molar-refractivity contribution in [2.45, 2.75) is 70.9 Å². The van der Waals surface area contributed by atoms with Crippen molar-refractivity contribution in [1.29, 1.82) is 0 Å². The summed E-state index contributed by atoms with van der Waals surface area (Å²) in [4.78, 5) is 23.0. The summed E-state index contributed by atoms with van der Waals surface area (Å²) in [7, 11) is 0. The molecular formula is C15H26N2O3. The third kappa shape index (κ3) is 3.64. The first kappa shape index (κ1) is 15.1. The van der Waals surface area contributed by atoms with Gasteiger partial charge >= 0.3 is 12.0 Å². The number of carboxylic acid groups (broad SMARTS) is 1. The molecule has 0 aliphatic heterocycles. The average molecular weight is 282 g/mol. The van der Waals surface area contributed by atoms with E-state index in [4.69, 9.17) is 5.11 Å². The van der Waals surface area contributed by atoms with Crippen molar-refractivity contribution in [1.82, 2.24) is 10.6 Å². The van der Waals surface area contributed by atoms with Gasteiger partial charge in [0.05, 0.1) is 5.92 Å². The molecule has 5 heteroatoms. The number of carbonyl (C=O) groups is 2. The van der Waals surface area contributed by atoms with E-state index in [-0.39, 0.29) is 29.4 Å². The topological polar surface area (TPSA) is 78.4 Å². The molecule has 2 rings (SSSR count). The van der Waals surface area contributed by atoms with E-state index < -0.39 is 5.97 Å². The van der Waals surface area contributed by atoms with Crippen molar-refractivity contribution >= 4 is 12.0 Å². The molecule has 3 unspecified atom stereocenters. The molecule has 3 atom stereocenters. The minimum atomic E-state index is -0.747. The molecule has 3 N–H and O–H groups in total. The highest BCUT2D eigenvalue weighted by Crippen LogP contribution is 2.35. The summed E-state index contributed by atoms with van der Waals surface area (Å²) in [5.41, 5.74) is 0.148. The Bertz CT molecular complexity index is 381. The molecular weight excluding hydrogens is 256 g/mol. The molecule has 2 fully saturated rings. The lowest BCUT2D eigenvalue weighted by molar-refractivity contribution is -0.141. The van der Waals surface area contributed by atoms with Crippen LogP contribution >= 0.6 is 0 Å². The fourth-order valence-corrected chi connectivity index (χ4v) is 3.48. The van der Waals surface area contributed by atoms with E-state index >= 15 is 0 Å². The van der Waals surface area contributed by atoms with E-state index in [1.54, 1.807) is 0 Å². The molecule has 2 aliphatic carbocycles. The zero-order valence-corrected chi connectivity index (χ0v) is 12.4. The van der Waals surface area contributed by atoms with Gasteiger partial charge in [0.2, 0.25) is 0 Å². The predicted octanol–water partition coefficient (Wildman–Crippen LogP) is 2.51. The van der Waals surface area contributed by atoms with E-state index in [1.807, 2.05) is 0 Å². The lowest BCUT2D eigenvalue weighted by atomic mass is 9.73. The highest BCUT2D eigenvalue weighted by atomic mass is 16.4. The molecule has 0 aromatic rings. The predicted molar refractivity (Wildman–Crippen MR) is 76.5 cm³/mol. The van der Waals surface area contributed by atoms with Crippen LogP contribution in [0.2, 0.25) is 0 Å². The Morgan fingerprint density at radius 2 is 1.85 bits per heavy atom. The number of amides is 2. The van der Waals surface area contributed by atoms with E-state index in [0.717, 1.165) is 19.3 Å². The maximum atomic E-state index is 12.1. The monoisotopic (exact) mass is 282 g/mol. The molecule has 2 aliphatic rings. The Balaban J connectivity index is 1.79. The van der Waals surface area contributed by atoms with Gasteiger partial charge in [-0.2, -0.15) is 0 Å². The van der Waals surface area contributed by atoms with Crippen molar-refractivity contribution in [2.75, 3.05) is 0 Å². The van der Waals surface area contributed by atoms with Crippen molar-refractivity contribution in [3.8, 4) is 0 Å². The molecule has 0 aromatic carbocycles. The van der Waals surface area contributed by atoms with Gasteiger partial charge in [-0.25, -0.2) is 4.79 Å². The van der Waals surface area contributed by atoms with Gasteiger partial charge in [0.1, 0.15) is 0 Å². The number of nitrogens with one attached hydrogen (secondary N) is 2. The fourth-order valence-electron chi connectivity index (χ4n) is 3.48. The summed E-state index contributed by atoms with van der Waals surface area (Å²) in [6, 6.07) is 0.0803. The first-order chi connectivity index (χ1) is 9.38. The van der Waals surface area contributed by atoms with E-state index in [2.05, 4.69) is 24.5 Å². The standard InChI is InChI=1S/C15H26N2O3/c1-15(2)8-4-3-5-12(15)17-14(20)16-11-7-6-10(9-11)13(18)19/h10-12H,3-9H2,1-2H3,(H,18,19)(H2,16,17,20). The van der Waals surface area contributed by atoms with Crippen LogP contribution in [0.3, 0.4) is 0 Å². The summed E-state index contributed by atoms with van der Waals surface area (Å²) >= 11 is 0. The third-order valence-corrected chi connectivity index (χ3v) is 4.93. The second kappa shape index (κ2) is 6.02. The van der Waals surface area contributed by atoms with Crippen LogP contribution in [-0.4, -0.2) is 29.2 Å². The Hall–Kier alpha value is -1.26. The summed E-state index contributed by atoms with van der Waals surface area (Å²) in [5.74, 6) is -1.05. The normalized spacial score (nSPS) is 32.6. The first-order valence-electron chi connectivity index (χ1n) is 7.68. The molecule has 0 heterocycles. The number of carbonyl (C=O) groups excluding carboxylic acids is 1. The minimum absolute atomic E-state index is 0.00260. The van der Waals surface area contributed by atoms with Gasteiger partial charge in [-0.3, -0.25) is 4.79 Å². The maximum Gasteiger partial charge on any atom is 0.315 e. The zero-order chi connectivity index (χ0) is 14.8. The van der Waals surface area contributed by atoms with Gasteiger partial charge in [0, 0.05) is 12.1 Å². The van der Waals surface area contributed by atoms with Crippen LogP contribution in [0.4, 0.5) is 4.79 Å². The third-order valence-electron chi connectivity index (χ3n) is 4.93. The van der Waals surface area contributed by atoms with Gasteiger partial charge in [0.15, 0.2) is 0 Å². The molecule has 0 radical (unpaired) electrons. The van der Waals surface area contributed by atoms with Gasteiger partial charge in [0.25, 0.3) is 0 Å². The minimum Gasteiger partial charge on any atom is -0.481 e. The molecule has 114 valence electrons. The highest BCUT2D eigenvalue weighted by Gasteiger charge is 2.34. The van der Waals surface area contributed by atoms with E-state index in [1.165, 1.54) is 12.8 Å². The van der Waals surface area contributed by atoms with Crippen LogP contribution in [0.25, 0.3) is 0 Å². The number of hydrogen-bond donors (Lipinski definition) is 3. The quantitative estimate of drug-likeness (QED) is 0.744. The van der Waals surface area contributed by atoms with Crippen molar-refractivity contribution in [3.05, 3.63) is 0 Å². The summed E-state index contributed by atoms with van der Waals surface area (Å²) in [6.45, 7) is 4.40. The van der Waals surface area contributed by atoms with E-state index in [0.29, 0.717) is 12.8 Å². The second-order valence-electron chi connectivity index (χ2n) is 6.95. The van der Waals surface area contributed by atoms with Crippen molar-refractivity contribution in [2.24, 2.45) is 11.3 Å². The Morgan fingerprint density at radius 3 is 2.45 bits per heavy atom. The number of rotatable bonds is 3. The van der Waals surface area contributed by atoms with E-state index in [9.17, 15) is 9.59 Å². The highest BCUT2D eigenvalue weighted by molar-refractivity contribution is 5.75. The molecule has 0 spiro atoms. The van der Waals surface area contributed by atoms with Crippen LogP contribution in [0.5, 0.6) is 0 Å². The number of hydrogen-bond acceptors (Lipinski definition) is 2. The van der Waals surface area contributed by atoms with Gasteiger partial charge in [-0.1, -0.05) is 26.7 Å². The van der Waals surface area contributed by atoms with Crippen molar-refractivity contribution in [3.63, 3.8) is 0 Å². The first-order valence-corrected chi connectivity index (χ1v) is 7.68. The average Bonchev–Trinajstić information content (AvgIpc) is 2.80. The van der Waals surface area contributed by atoms with Crippen LogP contribution in [0.15, 0.2) is 0 Å². The van der Waals surface area contributed by atoms with Gasteiger partial charge in [-0.05, 0) is 37.5 Å². The van der Waals surface area contributed by atoms with Gasteiger partial charge in [-0.15, -0.1) is 0 Å². The Kier molecular flexibility index (Phi) is 4.55.